The molecular formula is C28H46N4O6. The number of hydrogen-bond donors (Lipinski definition) is 4. The van der Waals surface area contributed by atoms with E-state index in [9.17, 15) is 24.3 Å². The van der Waals surface area contributed by atoms with Crippen molar-refractivity contribution >= 4 is 23.8 Å². The van der Waals surface area contributed by atoms with Crippen molar-refractivity contribution in [2.24, 2.45) is 5.73 Å². The number of amides is 4. The standard InChI is InChI=1S/C28H46N4O6/c1-7-8-9-10-11-17-32(24(25(35)30-19(2)3)20-13-12-14-21(33)18-20)26(36)22(15-16-23(29)34)31-27(37)38-28(4,5)6/h12-14,18-19,22,24,33H,7-11,15-17H2,1-6H3,(H2,29,34)(H,30,35)(H,31,37). The lowest BCUT2D eigenvalue weighted by Crippen LogP contribution is -2.54. The number of nitrogens with zero attached hydrogens (tertiary/aromatic N) is 1. The molecule has 0 saturated carbocycles. The fraction of sp³-hybridized carbons (Fsp3) is 0.643. The van der Waals surface area contributed by atoms with Crippen molar-refractivity contribution in [2.45, 2.75) is 110 Å². The van der Waals surface area contributed by atoms with Gasteiger partial charge in [-0.15, -0.1) is 0 Å². The van der Waals surface area contributed by atoms with Gasteiger partial charge in [0.05, 0.1) is 0 Å². The normalized spacial score (nSPS) is 12.9. The average molecular weight is 535 g/mol. The maximum absolute atomic E-state index is 14.0. The van der Waals surface area contributed by atoms with Gasteiger partial charge in [-0.25, -0.2) is 4.79 Å². The minimum Gasteiger partial charge on any atom is -0.508 e. The van der Waals surface area contributed by atoms with Crippen LogP contribution in [0.5, 0.6) is 5.75 Å². The van der Waals surface area contributed by atoms with Gasteiger partial charge in [0.25, 0.3) is 0 Å². The number of ether oxygens (including phenoxy) is 1. The zero-order valence-electron chi connectivity index (χ0n) is 23.7. The molecule has 1 aromatic carbocycles. The van der Waals surface area contributed by atoms with Crippen LogP contribution in [-0.4, -0.2) is 58.1 Å². The molecule has 4 amide bonds. The first-order valence-corrected chi connectivity index (χ1v) is 13.4. The molecule has 38 heavy (non-hydrogen) atoms. The summed E-state index contributed by atoms with van der Waals surface area (Å²) in [6.07, 6.45) is 3.55. The van der Waals surface area contributed by atoms with E-state index in [0.717, 1.165) is 25.7 Å². The van der Waals surface area contributed by atoms with Gasteiger partial charge in [-0.1, -0.05) is 44.7 Å². The minimum atomic E-state index is -1.15. The number of nitrogens with two attached hydrogens (primary N) is 1. The molecule has 5 N–H and O–H groups in total. The van der Waals surface area contributed by atoms with Gasteiger partial charge in [0.1, 0.15) is 23.4 Å². The molecule has 1 aromatic rings. The molecule has 2 atom stereocenters. The molecule has 1 rings (SSSR count). The average Bonchev–Trinajstić information content (AvgIpc) is 2.78. The van der Waals surface area contributed by atoms with E-state index in [1.165, 1.54) is 17.0 Å². The highest BCUT2D eigenvalue weighted by Crippen LogP contribution is 2.27. The van der Waals surface area contributed by atoms with Crippen LogP contribution in [0.1, 0.15) is 98.1 Å². The first-order chi connectivity index (χ1) is 17.7. The lowest BCUT2D eigenvalue weighted by atomic mass is 10.00. The summed E-state index contributed by atoms with van der Waals surface area (Å²) in [4.78, 5) is 53.1. The zero-order chi connectivity index (χ0) is 28.9. The summed E-state index contributed by atoms with van der Waals surface area (Å²) in [7, 11) is 0. The van der Waals surface area contributed by atoms with E-state index in [-0.39, 0.29) is 31.2 Å². The molecule has 0 aromatic heterocycles. The molecule has 0 heterocycles. The second-order valence-corrected chi connectivity index (χ2v) is 10.8. The van der Waals surface area contributed by atoms with Crippen LogP contribution < -0.4 is 16.4 Å². The summed E-state index contributed by atoms with van der Waals surface area (Å²) in [5, 5.41) is 15.6. The van der Waals surface area contributed by atoms with Crippen molar-refractivity contribution < 1.29 is 29.0 Å². The van der Waals surface area contributed by atoms with Crippen LogP contribution in [0.2, 0.25) is 0 Å². The van der Waals surface area contributed by atoms with Gasteiger partial charge in [0.2, 0.25) is 17.7 Å². The van der Waals surface area contributed by atoms with Crippen molar-refractivity contribution in [1.82, 2.24) is 15.5 Å². The van der Waals surface area contributed by atoms with Crippen LogP contribution in [0.15, 0.2) is 24.3 Å². The maximum atomic E-state index is 14.0. The summed E-state index contributed by atoms with van der Waals surface area (Å²) >= 11 is 0. The van der Waals surface area contributed by atoms with Crippen LogP contribution in [0, 0.1) is 0 Å². The van der Waals surface area contributed by atoms with Crippen LogP contribution in [0.4, 0.5) is 4.79 Å². The number of phenols is 1. The number of primary amides is 1. The van der Waals surface area contributed by atoms with Crippen LogP contribution in [-0.2, 0) is 19.1 Å². The minimum absolute atomic E-state index is 0.0441. The summed E-state index contributed by atoms with van der Waals surface area (Å²) in [5.41, 5.74) is 4.97. The molecule has 0 fully saturated rings. The van der Waals surface area contributed by atoms with Gasteiger partial charge in [-0.05, 0) is 65.2 Å². The highest BCUT2D eigenvalue weighted by molar-refractivity contribution is 5.92. The number of benzene rings is 1. The number of unbranched alkanes of at least 4 members (excludes halogenated alkanes) is 4. The van der Waals surface area contributed by atoms with Crippen molar-refractivity contribution in [3.05, 3.63) is 29.8 Å². The number of aromatic hydroxyl groups is 1. The Bertz CT molecular complexity index is 928. The highest BCUT2D eigenvalue weighted by Gasteiger charge is 2.36. The molecule has 0 aliphatic heterocycles. The Morgan fingerprint density at radius 2 is 1.71 bits per heavy atom. The molecule has 0 radical (unpaired) electrons. The second kappa shape index (κ2) is 15.8. The third-order valence-electron chi connectivity index (χ3n) is 5.63. The first-order valence-electron chi connectivity index (χ1n) is 13.4. The Morgan fingerprint density at radius 3 is 2.26 bits per heavy atom. The SMILES string of the molecule is CCCCCCCN(C(=O)C(CCC(N)=O)NC(=O)OC(C)(C)C)C(C(=O)NC(C)C)c1cccc(O)c1. The van der Waals surface area contributed by atoms with E-state index in [0.29, 0.717) is 12.0 Å². The van der Waals surface area contributed by atoms with E-state index >= 15 is 0 Å². The number of carbonyl (C=O) groups is 4. The van der Waals surface area contributed by atoms with Gasteiger partial charge in [-0.2, -0.15) is 0 Å². The second-order valence-electron chi connectivity index (χ2n) is 10.8. The monoisotopic (exact) mass is 534 g/mol. The molecule has 214 valence electrons. The predicted molar refractivity (Wildman–Crippen MR) is 146 cm³/mol. The maximum Gasteiger partial charge on any atom is 0.408 e. The lowest BCUT2D eigenvalue weighted by molar-refractivity contribution is -0.143. The number of carbonyl (C=O) groups excluding carboxylic acids is 4. The number of alkyl carbamates (subject to hydrolysis) is 1. The smallest absolute Gasteiger partial charge is 0.408 e. The lowest BCUT2D eigenvalue weighted by Gasteiger charge is -2.35. The van der Waals surface area contributed by atoms with Crippen molar-refractivity contribution in [3.63, 3.8) is 0 Å². The number of hydrogen-bond acceptors (Lipinski definition) is 6. The summed E-state index contributed by atoms with van der Waals surface area (Å²) in [5.74, 6) is -1.63. The molecule has 2 unspecified atom stereocenters. The Hall–Kier alpha value is -3.30. The van der Waals surface area contributed by atoms with Gasteiger partial charge in [-0.3, -0.25) is 14.4 Å². The van der Waals surface area contributed by atoms with E-state index in [4.69, 9.17) is 10.5 Å². The van der Waals surface area contributed by atoms with Gasteiger partial charge >= 0.3 is 6.09 Å². The highest BCUT2D eigenvalue weighted by atomic mass is 16.6. The van der Waals surface area contributed by atoms with Crippen LogP contribution in [0.25, 0.3) is 0 Å². The Labute approximate surface area is 226 Å². The molecule has 0 saturated heterocycles. The number of nitrogens with one attached hydrogen (secondary N) is 2. The van der Waals surface area contributed by atoms with E-state index in [1.807, 2.05) is 13.8 Å². The zero-order valence-corrected chi connectivity index (χ0v) is 23.7. The summed E-state index contributed by atoms with van der Waals surface area (Å²) in [6.45, 7) is 11.1. The van der Waals surface area contributed by atoms with Crippen molar-refractivity contribution in [3.8, 4) is 5.75 Å². The molecule has 0 bridgehead atoms. The third kappa shape index (κ3) is 12.3. The van der Waals surface area contributed by atoms with Gasteiger partial charge in [0.15, 0.2) is 0 Å². The molecular weight excluding hydrogens is 488 g/mol. The Kier molecular flexibility index (Phi) is 13.6. The largest absolute Gasteiger partial charge is 0.508 e. The fourth-order valence-electron chi connectivity index (χ4n) is 3.98. The van der Waals surface area contributed by atoms with Gasteiger partial charge < -0.3 is 31.1 Å². The van der Waals surface area contributed by atoms with Crippen molar-refractivity contribution in [1.29, 1.82) is 0 Å². The predicted octanol–water partition coefficient (Wildman–Crippen LogP) is 3.92. The van der Waals surface area contributed by atoms with Gasteiger partial charge in [0, 0.05) is 19.0 Å². The molecule has 0 spiro atoms. The van der Waals surface area contributed by atoms with Crippen molar-refractivity contribution in [2.75, 3.05) is 6.54 Å². The Morgan fingerprint density at radius 1 is 1.05 bits per heavy atom. The molecule has 10 nitrogen and oxygen atoms in total. The Balaban J connectivity index is 3.47. The van der Waals surface area contributed by atoms with E-state index < -0.39 is 41.5 Å². The van der Waals surface area contributed by atoms with Crippen LogP contribution in [0.3, 0.4) is 0 Å². The topological polar surface area (TPSA) is 151 Å². The third-order valence-corrected chi connectivity index (χ3v) is 5.63. The first kappa shape index (κ1) is 32.7. The summed E-state index contributed by atoms with van der Waals surface area (Å²) in [6, 6.07) is 3.78. The van der Waals surface area contributed by atoms with Crippen LogP contribution >= 0.6 is 0 Å². The van der Waals surface area contributed by atoms with E-state index in [1.54, 1.807) is 32.9 Å². The fourth-order valence-corrected chi connectivity index (χ4v) is 3.98. The molecule has 0 aliphatic carbocycles. The molecule has 10 heteroatoms. The quantitative estimate of drug-likeness (QED) is 0.250. The number of rotatable bonds is 15. The van der Waals surface area contributed by atoms with E-state index in [2.05, 4.69) is 17.6 Å². The number of phenolic OH excluding ortho intramolecular Hbond substituents is 1. The summed E-state index contributed by atoms with van der Waals surface area (Å²) < 4.78 is 5.34. The molecule has 0 aliphatic rings.